The van der Waals surface area contributed by atoms with Crippen LogP contribution >= 0.6 is 22.6 Å². The number of hydrogen-bond acceptors (Lipinski definition) is 3. The first-order chi connectivity index (χ1) is 7.20. The van der Waals surface area contributed by atoms with Crippen molar-refractivity contribution < 1.29 is 9.50 Å². The van der Waals surface area contributed by atoms with Gasteiger partial charge in [0.15, 0.2) is 0 Å². The zero-order valence-electron chi connectivity index (χ0n) is 7.56. The van der Waals surface area contributed by atoms with E-state index in [4.69, 9.17) is 5.11 Å². The lowest BCUT2D eigenvalue weighted by Gasteiger charge is -2.02. The zero-order chi connectivity index (χ0) is 10.8. The standard InChI is InChI=1S/C9H7FIN3O/c10-6-1-2-9(8(11)3-6)14-4-7(5-15)12-13-14/h1-4,15H,5H2. The van der Waals surface area contributed by atoms with Crippen LogP contribution in [0.2, 0.25) is 0 Å². The maximum Gasteiger partial charge on any atom is 0.124 e. The van der Waals surface area contributed by atoms with Gasteiger partial charge < -0.3 is 5.11 Å². The van der Waals surface area contributed by atoms with Crippen molar-refractivity contribution in [2.24, 2.45) is 0 Å². The van der Waals surface area contributed by atoms with Gasteiger partial charge in [0.05, 0.1) is 18.5 Å². The van der Waals surface area contributed by atoms with Crippen molar-refractivity contribution in [1.82, 2.24) is 15.0 Å². The molecule has 0 saturated heterocycles. The fourth-order valence-corrected chi connectivity index (χ4v) is 1.88. The second kappa shape index (κ2) is 4.23. The highest BCUT2D eigenvalue weighted by Crippen LogP contribution is 2.17. The SMILES string of the molecule is OCc1cn(-c2ccc(F)cc2I)nn1. The summed E-state index contributed by atoms with van der Waals surface area (Å²) in [7, 11) is 0. The molecule has 0 saturated carbocycles. The van der Waals surface area contributed by atoms with Gasteiger partial charge in [0.1, 0.15) is 11.5 Å². The Kier molecular flexibility index (Phi) is 2.96. The van der Waals surface area contributed by atoms with Crippen molar-refractivity contribution in [3.8, 4) is 5.69 Å². The maximum atomic E-state index is 12.8. The van der Waals surface area contributed by atoms with E-state index in [9.17, 15) is 4.39 Å². The number of aliphatic hydroxyl groups is 1. The van der Waals surface area contributed by atoms with E-state index in [0.29, 0.717) is 5.69 Å². The monoisotopic (exact) mass is 319 g/mol. The summed E-state index contributed by atoms with van der Waals surface area (Å²) < 4.78 is 15.1. The van der Waals surface area contributed by atoms with Crippen molar-refractivity contribution >= 4 is 22.6 Å². The van der Waals surface area contributed by atoms with Crippen LogP contribution in [0.25, 0.3) is 5.69 Å². The molecule has 78 valence electrons. The van der Waals surface area contributed by atoms with Crippen LogP contribution in [0.3, 0.4) is 0 Å². The molecule has 0 aliphatic heterocycles. The number of nitrogens with zero attached hydrogens (tertiary/aromatic N) is 3. The molecule has 0 amide bonds. The molecule has 0 spiro atoms. The number of aliphatic hydroxyl groups excluding tert-OH is 1. The van der Waals surface area contributed by atoms with Crippen LogP contribution in [0, 0.1) is 9.39 Å². The van der Waals surface area contributed by atoms with Gasteiger partial charge in [-0.05, 0) is 40.8 Å². The minimum atomic E-state index is -0.286. The topological polar surface area (TPSA) is 50.9 Å². The molecule has 0 aliphatic carbocycles. The van der Waals surface area contributed by atoms with Crippen LogP contribution in [0.5, 0.6) is 0 Å². The fraction of sp³-hybridized carbons (Fsp3) is 0.111. The third-order valence-electron chi connectivity index (χ3n) is 1.86. The second-order valence-electron chi connectivity index (χ2n) is 2.91. The molecule has 0 bridgehead atoms. The zero-order valence-corrected chi connectivity index (χ0v) is 9.72. The molecule has 2 rings (SSSR count). The van der Waals surface area contributed by atoms with Crippen molar-refractivity contribution in [3.05, 3.63) is 39.5 Å². The number of rotatable bonds is 2. The third-order valence-corrected chi connectivity index (χ3v) is 2.72. The van der Waals surface area contributed by atoms with Crippen LogP contribution in [0.1, 0.15) is 5.69 Å². The molecule has 1 aromatic heterocycles. The van der Waals surface area contributed by atoms with E-state index in [-0.39, 0.29) is 12.4 Å². The van der Waals surface area contributed by atoms with Crippen LogP contribution in [-0.2, 0) is 6.61 Å². The predicted molar refractivity (Wildman–Crippen MR) is 60.0 cm³/mol. The maximum absolute atomic E-state index is 12.8. The molecule has 0 atom stereocenters. The molecule has 0 radical (unpaired) electrons. The Morgan fingerprint density at radius 1 is 1.47 bits per heavy atom. The van der Waals surface area contributed by atoms with Gasteiger partial charge >= 0.3 is 0 Å². The van der Waals surface area contributed by atoms with E-state index >= 15 is 0 Å². The number of halogens is 2. The fourth-order valence-electron chi connectivity index (χ4n) is 1.16. The number of aromatic nitrogens is 3. The Balaban J connectivity index is 2.44. The highest BCUT2D eigenvalue weighted by atomic mass is 127. The summed E-state index contributed by atoms with van der Waals surface area (Å²) in [6, 6.07) is 4.39. The smallest absolute Gasteiger partial charge is 0.124 e. The average Bonchev–Trinajstić information content (AvgIpc) is 2.66. The Morgan fingerprint density at radius 2 is 2.27 bits per heavy atom. The molecule has 1 aromatic carbocycles. The summed E-state index contributed by atoms with van der Waals surface area (Å²) >= 11 is 2.02. The summed E-state index contributed by atoms with van der Waals surface area (Å²) in [5.74, 6) is -0.286. The minimum Gasteiger partial charge on any atom is -0.390 e. The van der Waals surface area contributed by atoms with Crippen molar-refractivity contribution in [3.63, 3.8) is 0 Å². The molecule has 1 N–H and O–H groups in total. The van der Waals surface area contributed by atoms with Crippen molar-refractivity contribution in [1.29, 1.82) is 0 Å². The number of benzene rings is 1. The van der Waals surface area contributed by atoms with Gasteiger partial charge in [-0.25, -0.2) is 9.07 Å². The Labute approximate surface area is 98.9 Å². The lowest BCUT2D eigenvalue weighted by Crippen LogP contribution is -1.98. The molecule has 6 heteroatoms. The quantitative estimate of drug-likeness (QED) is 0.854. The van der Waals surface area contributed by atoms with Crippen LogP contribution in [0.15, 0.2) is 24.4 Å². The molecule has 4 nitrogen and oxygen atoms in total. The summed E-state index contributed by atoms with van der Waals surface area (Å²) in [6.45, 7) is -0.155. The minimum absolute atomic E-state index is 0.155. The van der Waals surface area contributed by atoms with Gasteiger partial charge in [-0.3, -0.25) is 0 Å². The van der Waals surface area contributed by atoms with Gasteiger partial charge in [-0.15, -0.1) is 5.10 Å². The largest absolute Gasteiger partial charge is 0.390 e. The first-order valence-corrected chi connectivity index (χ1v) is 5.26. The summed E-state index contributed by atoms with van der Waals surface area (Å²) in [5.41, 5.74) is 1.22. The highest BCUT2D eigenvalue weighted by Gasteiger charge is 2.06. The average molecular weight is 319 g/mol. The molecule has 15 heavy (non-hydrogen) atoms. The Bertz CT molecular complexity index is 486. The lowest BCUT2D eigenvalue weighted by molar-refractivity contribution is 0.276. The van der Waals surface area contributed by atoms with E-state index in [1.807, 2.05) is 22.6 Å². The Morgan fingerprint density at radius 3 is 2.87 bits per heavy atom. The summed E-state index contributed by atoms with van der Waals surface area (Å²) in [4.78, 5) is 0. The first-order valence-electron chi connectivity index (χ1n) is 4.18. The van der Waals surface area contributed by atoms with E-state index in [2.05, 4.69) is 10.3 Å². The van der Waals surface area contributed by atoms with Gasteiger partial charge in [0.25, 0.3) is 0 Å². The predicted octanol–water partition coefficient (Wildman–Crippen LogP) is 1.50. The van der Waals surface area contributed by atoms with E-state index in [1.165, 1.54) is 16.8 Å². The molecular weight excluding hydrogens is 312 g/mol. The van der Waals surface area contributed by atoms with E-state index in [1.54, 1.807) is 12.3 Å². The normalized spacial score (nSPS) is 10.6. The molecule has 0 fully saturated rings. The molecule has 0 unspecified atom stereocenters. The van der Waals surface area contributed by atoms with Gasteiger partial charge in [0.2, 0.25) is 0 Å². The van der Waals surface area contributed by atoms with Crippen molar-refractivity contribution in [2.45, 2.75) is 6.61 Å². The van der Waals surface area contributed by atoms with E-state index in [0.717, 1.165) is 9.26 Å². The Hall–Kier alpha value is -1.02. The van der Waals surface area contributed by atoms with Crippen LogP contribution in [-0.4, -0.2) is 20.1 Å². The van der Waals surface area contributed by atoms with Crippen LogP contribution < -0.4 is 0 Å². The summed E-state index contributed by atoms with van der Waals surface area (Å²) in [6.07, 6.45) is 1.61. The summed E-state index contributed by atoms with van der Waals surface area (Å²) in [5, 5.41) is 16.4. The molecule has 0 aliphatic rings. The van der Waals surface area contributed by atoms with Gasteiger partial charge in [-0.1, -0.05) is 5.21 Å². The van der Waals surface area contributed by atoms with Gasteiger partial charge in [0, 0.05) is 3.57 Å². The second-order valence-corrected chi connectivity index (χ2v) is 4.07. The lowest BCUT2D eigenvalue weighted by atomic mass is 10.3. The number of hydrogen-bond donors (Lipinski definition) is 1. The third kappa shape index (κ3) is 2.15. The molecular formula is C9H7FIN3O. The van der Waals surface area contributed by atoms with E-state index < -0.39 is 0 Å². The first kappa shape index (κ1) is 10.5. The molecule has 1 heterocycles. The highest BCUT2D eigenvalue weighted by molar-refractivity contribution is 14.1. The van der Waals surface area contributed by atoms with Crippen LogP contribution in [0.4, 0.5) is 4.39 Å². The van der Waals surface area contributed by atoms with Crippen molar-refractivity contribution in [2.75, 3.05) is 0 Å². The molecule has 2 aromatic rings. The van der Waals surface area contributed by atoms with Gasteiger partial charge in [-0.2, -0.15) is 0 Å².